The summed E-state index contributed by atoms with van der Waals surface area (Å²) in [4.78, 5) is 16.3. The minimum absolute atomic E-state index is 0.149. The van der Waals surface area contributed by atoms with Crippen LogP contribution in [0.1, 0.15) is 27.9 Å². The molecule has 0 fully saturated rings. The summed E-state index contributed by atoms with van der Waals surface area (Å²) in [6.45, 7) is 0.685. The van der Waals surface area contributed by atoms with Crippen LogP contribution >= 0.6 is 0 Å². The fraction of sp³-hybridized carbons (Fsp3) is 0.250. The maximum atomic E-state index is 12.3. The molecule has 2 heterocycles. The number of aromatic nitrogens is 1. The molecule has 0 N–H and O–H groups in total. The van der Waals surface area contributed by atoms with Gasteiger partial charge in [-0.2, -0.15) is 0 Å². The molecule has 0 atom stereocenters. The number of fused-ring (bicyclic) bond motifs is 1. The van der Waals surface area contributed by atoms with Crippen LogP contribution in [0.25, 0.3) is 0 Å². The number of Topliss-reactive ketones (excluding diaryl/α,β-unsaturated/α-hetero) is 1. The number of rotatable bonds is 4. The zero-order chi connectivity index (χ0) is 13.1. The van der Waals surface area contributed by atoms with E-state index in [1.165, 1.54) is 0 Å². The van der Waals surface area contributed by atoms with E-state index in [4.69, 9.17) is 4.74 Å². The van der Waals surface area contributed by atoms with Gasteiger partial charge in [-0.3, -0.25) is 9.78 Å². The van der Waals surface area contributed by atoms with Gasteiger partial charge in [0.2, 0.25) is 0 Å². The summed E-state index contributed by atoms with van der Waals surface area (Å²) in [7, 11) is 0. The van der Waals surface area contributed by atoms with E-state index in [2.05, 4.69) is 4.98 Å². The van der Waals surface area contributed by atoms with Crippen molar-refractivity contribution in [2.24, 2.45) is 0 Å². The highest BCUT2D eigenvalue weighted by Gasteiger charge is 2.19. The third kappa shape index (κ3) is 2.50. The van der Waals surface area contributed by atoms with Gasteiger partial charge in [0.05, 0.1) is 12.2 Å². The Balaban J connectivity index is 1.73. The number of hydrogen-bond donors (Lipinski definition) is 0. The summed E-state index contributed by atoms with van der Waals surface area (Å²) >= 11 is 0. The molecule has 19 heavy (non-hydrogen) atoms. The Kier molecular flexibility index (Phi) is 3.27. The van der Waals surface area contributed by atoms with Crippen LogP contribution in [-0.2, 0) is 12.8 Å². The molecule has 0 radical (unpaired) electrons. The number of pyridine rings is 1. The van der Waals surface area contributed by atoms with E-state index in [-0.39, 0.29) is 5.78 Å². The van der Waals surface area contributed by atoms with Gasteiger partial charge in [-0.05, 0) is 35.7 Å². The highest BCUT2D eigenvalue weighted by atomic mass is 16.5. The summed E-state index contributed by atoms with van der Waals surface area (Å²) in [5.41, 5.74) is 3.01. The Labute approximate surface area is 112 Å². The average Bonchev–Trinajstić information content (AvgIpc) is 2.94. The standard InChI is InChI=1S/C16H15NO2/c18-15(5-4-12-6-9-17-10-7-12)14-3-1-2-13-8-11-19-16(13)14/h1-3,6-7,9-10H,4-5,8,11H2. The number of hydrogen-bond acceptors (Lipinski definition) is 3. The van der Waals surface area contributed by atoms with Crippen LogP contribution < -0.4 is 4.74 Å². The van der Waals surface area contributed by atoms with Crippen molar-refractivity contribution >= 4 is 5.78 Å². The van der Waals surface area contributed by atoms with Crippen LogP contribution in [0, 0.1) is 0 Å². The van der Waals surface area contributed by atoms with Crippen LogP contribution in [-0.4, -0.2) is 17.4 Å². The van der Waals surface area contributed by atoms with Gasteiger partial charge in [0.1, 0.15) is 5.75 Å². The molecule has 0 saturated heterocycles. The van der Waals surface area contributed by atoms with Gasteiger partial charge in [-0.25, -0.2) is 0 Å². The number of aryl methyl sites for hydroxylation is 1. The van der Waals surface area contributed by atoms with Crippen molar-refractivity contribution in [3.8, 4) is 5.75 Å². The molecule has 3 heteroatoms. The number of benzene rings is 1. The fourth-order valence-corrected chi connectivity index (χ4v) is 2.38. The highest BCUT2D eigenvalue weighted by molar-refractivity contribution is 5.99. The first-order chi connectivity index (χ1) is 9.34. The Morgan fingerprint density at radius 1 is 1.21 bits per heavy atom. The van der Waals surface area contributed by atoms with Crippen LogP contribution in [0.4, 0.5) is 0 Å². The average molecular weight is 253 g/mol. The van der Waals surface area contributed by atoms with E-state index in [1.54, 1.807) is 12.4 Å². The zero-order valence-corrected chi connectivity index (χ0v) is 10.6. The molecule has 1 aromatic heterocycles. The maximum absolute atomic E-state index is 12.3. The van der Waals surface area contributed by atoms with Crippen molar-refractivity contribution in [2.75, 3.05) is 6.61 Å². The van der Waals surface area contributed by atoms with E-state index in [9.17, 15) is 4.79 Å². The first-order valence-electron chi connectivity index (χ1n) is 6.51. The van der Waals surface area contributed by atoms with Crippen molar-refractivity contribution in [3.05, 3.63) is 59.4 Å². The highest BCUT2D eigenvalue weighted by Crippen LogP contribution is 2.30. The summed E-state index contributed by atoms with van der Waals surface area (Å²) < 4.78 is 5.57. The lowest BCUT2D eigenvalue weighted by Gasteiger charge is -2.07. The lowest BCUT2D eigenvalue weighted by Crippen LogP contribution is -2.03. The predicted octanol–water partition coefficient (Wildman–Crippen LogP) is 2.83. The number of carbonyl (C=O) groups excluding carboxylic acids is 1. The molecule has 0 saturated carbocycles. The third-order valence-electron chi connectivity index (χ3n) is 3.40. The Morgan fingerprint density at radius 3 is 2.89 bits per heavy atom. The smallest absolute Gasteiger partial charge is 0.166 e. The predicted molar refractivity (Wildman–Crippen MR) is 72.5 cm³/mol. The molecule has 1 aliphatic rings. The van der Waals surface area contributed by atoms with Crippen LogP contribution in [0.3, 0.4) is 0 Å². The molecule has 1 aliphatic heterocycles. The number of ketones is 1. The topological polar surface area (TPSA) is 39.2 Å². The fourth-order valence-electron chi connectivity index (χ4n) is 2.38. The van der Waals surface area contributed by atoms with Crippen molar-refractivity contribution in [1.29, 1.82) is 0 Å². The normalized spacial score (nSPS) is 12.8. The molecular formula is C16H15NO2. The summed E-state index contributed by atoms with van der Waals surface area (Å²) in [5.74, 6) is 0.942. The van der Waals surface area contributed by atoms with Crippen molar-refractivity contribution in [3.63, 3.8) is 0 Å². The minimum atomic E-state index is 0.149. The van der Waals surface area contributed by atoms with Gasteiger partial charge in [0.15, 0.2) is 5.78 Å². The number of ether oxygens (including phenoxy) is 1. The minimum Gasteiger partial charge on any atom is -0.492 e. The zero-order valence-electron chi connectivity index (χ0n) is 10.6. The Hall–Kier alpha value is -2.16. The molecule has 0 aliphatic carbocycles. The van der Waals surface area contributed by atoms with Gasteiger partial charge >= 0.3 is 0 Å². The van der Waals surface area contributed by atoms with E-state index < -0.39 is 0 Å². The number of para-hydroxylation sites is 1. The SMILES string of the molecule is O=C(CCc1ccncc1)c1cccc2c1OCC2. The molecule has 3 rings (SSSR count). The molecule has 96 valence electrons. The summed E-state index contributed by atoms with van der Waals surface area (Å²) in [6.07, 6.45) is 5.65. The van der Waals surface area contributed by atoms with Crippen LogP contribution in [0.2, 0.25) is 0 Å². The number of nitrogens with zero attached hydrogens (tertiary/aromatic N) is 1. The van der Waals surface area contributed by atoms with Crippen molar-refractivity contribution < 1.29 is 9.53 Å². The van der Waals surface area contributed by atoms with E-state index >= 15 is 0 Å². The first-order valence-corrected chi connectivity index (χ1v) is 6.51. The molecule has 0 unspecified atom stereocenters. The van der Waals surface area contributed by atoms with Gasteiger partial charge in [-0.15, -0.1) is 0 Å². The number of carbonyl (C=O) groups is 1. The summed E-state index contributed by atoms with van der Waals surface area (Å²) in [5, 5.41) is 0. The quantitative estimate of drug-likeness (QED) is 0.786. The van der Waals surface area contributed by atoms with E-state index in [0.29, 0.717) is 13.0 Å². The van der Waals surface area contributed by atoms with Gasteiger partial charge in [-0.1, -0.05) is 12.1 Å². The molecule has 0 amide bonds. The third-order valence-corrected chi connectivity index (χ3v) is 3.40. The van der Waals surface area contributed by atoms with E-state index in [0.717, 1.165) is 35.3 Å². The maximum Gasteiger partial charge on any atom is 0.166 e. The van der Waals surface area contributed by atoms with E-state index in [1.807, 2.05) is 30.3 Å². The van der Waals surface area contributed by atoms with Crippen LogP contribution in [0.15, 0.2) is 42.7 Å². The second kappa shape index (κ2) is 5.22. The largest absolute Gasteiger partial charge is 0.492 e. The molecular weight excluding hydrogens is 238 g/mol. The summed E-state index contributed by atoms with van der Waals surface area (Å²) in [6, 6.07) is 9.71. The Morgan fingerprint density at radius 2 is 2.05 bits per heavy atom. The molecule has 0 spiro atoms. The van der Waals surface area contributed by atoms with Gasteiger partial charge in [0, 0.05) is 25.2 Å². The second-order valence-corrected chi connectivity index (χ2v) is 4.67. The monoisotopic (exact) mass is 253 g/mol. The van der Waals surface area contributed by atoms with Crippen LogP contribution in [0.5, 0.6) is 5.75 Å². The Bertz CT molecular complexity index is 593. The second-order valence-electron chi connectivity index (χ2n) is 4.67. The first kappa shape index (κ1) is 11.9. The van der Waals surface area contributed by atoms with Gasteiger partial charge < -0.3 is 4.74 Å². The molecule has 0 bridgehead atoms. The lowest BCUT2D eigenvalue weighted by atomic mass is 10.0. The molecule has 2 aromatic rings. The molecule has 3 nitrogen and oxygen atoms in total. The lowest BCUT2D eigenvalue weighted by molar-refractivity contribution is 0.0979. The van der Waals surface area contributed by atoms with Gasteiger partial charge in [0.25, 0.3) is 0 Å². The molecule has 1 aromatic carbocycles. The van der Waals surface area contributed by atoms with Crippen molar-refractivity contribution in [1.82, 2.24) is 4.98 Å². The van der Waals surface area contributed by atoms with Crippen molar-refractivity contribution in [2.45, 2.75) is 19.3 Å².